The molecule has 6 nitrogen and oxygen atoms in total. The summed E-state index contributed by atoms with van der Waals surface area (Å²) in [6, 6.07) is 5.63. The third-order valence-electron chi connectivity index (χ3n) is 3.98. The highest BCUT2D eigenvalue weighted by atomic mass is 79.9. The fourth-order valence-electron chi connectivity index (χ4n) is 2.69. The van der Waals surface area contributed by atoms with Crippen molar-refractivity contribution in [3.8, 4) is 0 Å². The van der Waals surface area contributed by atoms with Gasteiger partial charge in [0.1, 0.15) is 6.04 Å². The van der Waals surface area contributed by atoms with E-state index in [2.05, 4.69) is 21.0 Å². The molecule has 1 aromatic heterocycles. The van der Waals surface area contributed by atoms with Crippen molar-refractivity contribution >= 4 is 33.7 Å². The van der Waals surface area contributed by atoms with Crippen LogP contribution >= 0.6 is 15.9 Å². The summed E-state index contributed by atoms with van der Waals surface area (Å²) in [5.74, 6) is -1.33. The van der Waals surface area contributed by atoms with Crippen LogP contribution in [-0.2, 0) is 0 Å². The molecule has 0 fully saturated rings. The predicted octanol–water partition coefficient (Wildman–Crippen LogP) is 2.59. The summed E-state index contributed by atoms with van der Waals surface area (Å²) >= 11 is 3.36. The Morgan fingerprint density at radius 1 is 1.13 bits per heavy atom. The fourth-order valence-corrected chi connectivity index (χ4v) is 2.93. The quantitative estimate of drug-likeness (QED) is 0.756. The maximum atomic E-state index is 12.7. The SMILES string of the molecule is Cc1nn(C(=O)[C@@H](C)N2C(=O)c3ccccc3C2=O)c(C)c1Br. The van der Waals surface area contributed by atoms with E-state index in [0.717, 1.165) is 9.37 Å². The molecule has 0 N–H and O–H groups in total. The molecule has 1 aromatic carbocycles. The Kier molecular flexibility index (Phi) is 3.68. The maximum Gasteiger partial charge on any atom is 0.270 e. The number of halogens is 1. The van der Waals surface area contributed by atoms with Crippen molar-refractivity contribution in [1.29, 1.82) is 0 Å². The summed E-state index contributed by atoms with van der Waals surface area (Å²) in [6.45, 7) is 5.05. The molecule has 118 valence electrons. The van der Waals surface area contributed by atoms with E-state index < -0.39 is 23.8 Å². The Labute approximate surface area is 141 Å². The fraction of sp³-hybridized carbons (Fsp3) is 0.250. The molecule has 1 aliphatic rings. The van der Waals surface area contributed by atoms with Crippen LogP contribution in [0.1, 0.15) is 43.8 Å². The molecule has 23 heavy (non-hydrogen) atoms. The van der Waals surface area contributed by atoms with Crippen molar-refractivity contribution in [2.75, 3.05) is 0 Å². The van der Waals surface area contributed by atoms with E-state index in [0.29, 0.717) is 22.5 Å². The van der Waals surface area contributed by atoms with Gasteiger partial charge in [-0.25, -0.2) is 4.68 Å². The molecule has 1 atom stereocenters. The highest BCUT2D eigenvalue weighted by molar-refractivity contribution is 9.10. The standard InChI is InChI=1S/C16H14BrN3O3/c1-8-13(17)9(2)20(18-8)14(21)10(3)19-15(22)11-6-4-5-7-12(11)16(19)23/h4-7,10H,1-3H3/t10-/m1/s1. The van der Waals surface area contributed by atoms with Gasteiger partial charge in [0.25, 0.3) is 17.7 Å². The molecule has 2 amide bonds. The van der Waals surface area contributed by atoms with E-state index in [-0.39, 0.29) is 0 Å². The number of benzene rings is 1. The van der Waals surface area contributed by atoms with Crippen LogP contribution in [0.2, 0.25) is 0 Å². The van der Waals surface area contributed by atoms with Gasteiger partial charge in [-0.1, -0.05) is 12.1 Å². The van der Waals surface area contributed by atoms with Crippen LogP contribution in [0.5, 0.6) is 0 Å². The van der Waals surface area contributed by atoms with Gasteiger partial charge >= 0.3 is 0 Å². The van der Waals surface area contributed by atoms with E-state index in [1.165, 1.54) is 11.6 Å². The summed E-state index contributed by atoms with van der Waals surface area (Å²) in [7, 11) is 0. The molecule has 0 radical (unpaired) electrons. The number of hydrogen-bond donors (Lipinski definition) is 0. The van der Waals surface area contributed by atoms with Crippen molar-refractivity contribution in [2.45, 2.75) is 26.8 Å². The van der Waals surface area contributed by atoms with Crippen molar-refractivity contribution in [3.05, 3.63) is 51.3 Å². The predicted molar refractivity (Wildman–Crippen MR) is 86.4 cm³/mol. The molecule has 7 heteroatoms. The molecule has 0 unspecified atom stereocenters. The van der Waals surface area contributed by atoms with Crippen LogP contribution in [-0.4, -0.2) is 38.4 Å². The van der Waals surface area contributed by atoms with E-state index in [1.807, 2.05) is 0 Å². The Morgan fingerprint density at radius 3 is 2.09 bits per heavy atom. The molecular formula is C16H14BrN3O3. The first-order valence-electron chi connectivity index (χ1n) is 7.07. The van der Waals surface area contributed by atoms with Crippen LogP contribution in [0.15, 0.2) is 28.7 Å². The first kappa shape index (κ1) is 15.6. The van der Waals surface area contributed by atoms with Crippen molar-refractivity contribution < 1.29 is 14.4 Å². The lowest BCUT2D eigenvalue weighted by Crippen LogP contribution is -2.45. The van der Waals surface area contributed by atoms with Gasteiger partial charge in [0, 0.05) is 0 Å². The minimum Gasteiger partial charge on any atom is -0.270 e. The maximum absolute atomic E-state index is 12.7. The number of hydrogen-bond acceptors (Lipinski definition) is 4. The van der Waals surface area contributed by atoms with Crippen LogP contribution in [0.4, 0.5) is 0 Å². The van der Waals surface area contributed by atoms with Gasteiger partial charge in [0.15, 0.2) is 0 Å². The molecule has 0 spiro atoms. The summed E-state index contributed by atoms with van der Waals surface area (Å²) in [5, 5.41) is 4.17. The van der Waals surface area contributed by atoms with E-state index in [4.69, 9.17) is 0 Å². The largest absolute Gasteiger partial charge is 0.270 e. The molecule has 0 saturated carbocycles. The molecule has 2 aromatic rings. The second-order valence-electron chi connectivity index (χ2n) is 5.44. The van der Waals surface area contributed by atoms with Gasteiger partial charge in [-0.2, -0.15) is 5.10 Å². The Bertz CT molecular complexity index is 821. The highest BCUT2D eigenvalue weighted by Crippen LogP contribution is 2.26. The smallest absolute Gasteiger partial charge is 0.270 e. The van der Waals surface area contributed by atoms with Gasteiger partial charge in [-0.05, 0) is 48.8 Å². The first-order chi connectivity index (χ1) is 10.8. The summed E-state index contributed by atoms with van der Waals surface area (Å²) in [6.07, 6.45) is 0. The second-order valence-corrected chi connectivity index (χ2v) is 6.23. The van der Waals surface area contributed by atoms with Gasteiger partial charge < -0.3 is 0 Å². The van der Waals surface area contributed by atoms with E-state index in [1.54, 1.807) is 38.1 Å². The van der Waals surface area contributed by atoms with Gasteiger partial charge in [0.05, 0.1) is 27.0 Å². The molecule has 0 aliphatic carbocycles. The van der Waals surface area contributed by atoms with Crippen LogP contribution in [0, 0.1) is 13.8 Å². The zero-order valence-electron chi connectivity index (χ0n) is 12.8. The minimum absolute atomic E-state index is 0.326. The van der Waals surface area contributed by atoms with Gasteiger partial charge in [-0.3, -0.25) is 19.3 Å². The summed E-state index contributed by atoms with van der Waals surface area (Å²) < 4.78 is 1.97. The summed E-state index contributed by atoms with van der Waals surface area (Å²) in [4.78, 5) is 38.6. The molecule has 1 aliphatic heterocycles. The number of nitrogens with zero attached hydrogens (tertiary/aromatic N) is 3. The highest BCUT2D eigenvalue weighted by Gasteiger charge is 2.41. The number of imide groups is 1. The molecule has 2 heterocycles. The average molecular weight is 376 g/mol. The molecule has 3 rings (SSSR count). The Morgan fingerprint density at radius 2 is 1.65 bits per heavy atom. The van der Waals surface area contributed by atoms with Crippen LogP contribution in [0.25, 0.3) is 0 Å². The molecule has 0 bridgehead atoms. The molecule has 0 saturated heterocycles. The van der Waals surface area contributed by atoms with E-state index >= 15 is 0 Å². The van der Waals surface area contributed by atoms with Gasteiger partial charge in [-0.15, -0.1) is 0 Å². The number of carbonyl (C=O) groups excluding carboxylic acids is 3. The lowest BCUT2D eigenvalue weighted by atomic mass is 10.1. The normalized spacial score (nSPS) is 15.0. The zero-order chi connectivity index (χ0) is 16.9. The molecular weight excluding hydrogens is 362 g/mol. The number of rotatable bonds is 2. The number of aromatic nitrogens is 2. The third kappa shape index (κ3) is 2.23. The summed E-state index contributed by atoms with van der Waals surface area (Å²) in [5.41, 5.74) is 1.96. The number of amides is 2. The van der Waals surface area contributed by atoms with Gasteiger partial charge in [0.2, 0.25) is 0 Å². The Hall–Kier alpha value is -2.28. The third-order valence-corrected chi connectivity index (χ3v) is 5.13. The lowest BCUT2D eigenvalue weighted by Gasteiger charge is -2.21. The number of fused-ring (bicyclic) bond motifs is 1. The van der Waals surface area contributed by atoms with E-state index in [9.17, 15) is 14.4 Å². The zero-order valence-corrected chi connectivity index (χ0v) is 14.4. The van der Waals surface area contributed by atoms with Crippen molar-refractivity contribution in [2.24, 2.45) is 0 Å². The van der Waals surface area contributed by atoms with Crippen molar-refractivity contribution in [1.82, 2.24) is 14.7 Å². The monoisotopic (exact) mass is 375 g/mol. The Balaban J connectivity index is 1.97. The number of carbonyl (C=O) groups is 3. The van der Waals surface area contributed by atoms with Crippen LogP contribution < -0.4 is 0 Å². The van der Waals surface area contributed by atoms with Crippen LogP contribution in [0.3, 0.4) is 0 Å². The second kappa shape index (κ2) is 5.42. The number of aryl methyl sites for hydroxylation is 1. The first-order valence-corrected chi connectivity index (χ1v) is 7.86. The van der Waals surface area contributed by atoms with Crippen molar-refractivity contribution in [3.63, 3.8) is 0 Å². The topological polar surface area (TPSA) is 72.3 Å². The minimum atomic E-state index is -0.938. The average Bonchev–Trinajstić information content (AvgIpc) is 2.95. The lowest BCUT2D eigenvalue weighted by molar-refractivity contribution is 0.0522.